The molecule has 1 saturated heterocycles. The molecule has 1 fully saturated rings. The van der Waals surface area contributed by atoms with Crippen LogP contribution in [0.5, 0.6) is 0 Å². The molecule has 0 aromatic carbocycles. The van der Waals surface area contributed by atoms with Crippen molar-refractivity contribution >= 4 is 10.1 Å². The molecule has 8 heteroatoms. The Balaban J connectivity index is 2.31. The second-order valence-electron chi connectivity index (χ2n) is 3.78. The summed E-state index contributed by atoms with van der Waals surface area (Å²) in [6.07, 6.45) is 2.31. The van der Waals surface area contributed by atoms with Gasteiger partial charge in [0.2, 0.25) is 0 Å². The van der Waals surface area contributed by atoms with Gasteiger partial charge in [-0.2, -0.15) is 8.42 Å². The number of hydrogen-bond acceptors (Lipinski definition) is 5. The molecule has 1 N–H and O–H groups in total. The Kier molecular flexibility index (Phi) is 3.36. The van der Waals surface area contributed by atoms with Crippen molar-refractivity contribution in [2.75, 3.05) is 13.2 Å². The smallest absolute Gasteiger partial charge is 0.270 e. The van der Waals surface area contributed by atoms with E-state index >= 15 is 0 Å². The van der Waals surface area contributed by atoms with Crippen molar-refractivity contribution in [3.63, 3.8) is 0 Å². The lowest BCUT2D eigenvalue weighted by Crippen LogP contribution is -2.38. The number of aromatic nitrogens is 2. The van der Waals surface area contributed by atoms with Crippen molar-refractivity contribution in [1.82, 2.24) is 9.97 Å². The largest absolute Gasteiger partial charge is 0.380 e. The minimum Gasteiger partial charge on any atom is -0.380 e. The molecule has 0 saturated carbocycles. The first kappa shape index (κ1) is 12.3. The molecule has 6 nitrogen and oxygen atoms in total. The number of hydrogen-bond donors (Lipinski definition) is 1. The van der Waals surface area contributed by atoms with Crippen LogP contribution in [0.1, 0.15) is 18.2 Å². The third kappa shape index (κ3) is 2.76. The fourth-order valence-electron chi connectivity index (χ4n) is 1.81. The molecule has 0 radical (unpaired) electrons. The molecule has 1 aliphatic heterocycles. The Morgan fingerprint density at radius 1 is 1.41 bits per heavy atom. The van der Waals surface area contributed by atoms with Gasteiger partial charge in [0, 0.05) is 12.5 Å². The molecule has 1 aromatic rings. The second kappa shape index (κ2) is 4.63. The molecule has 0 bridgehead atoms. The predicted octanol–water partition coefficient (Wildman–Crippen LogP) is 0.376. The quantitative estimate of drug-likeness (QED) is 0.775. The van der Waals surface area contributed by atoms with E-state index in [0.717, 1.165) is 12.4 Å². The minimum absolute atomic E-state index is 0.107. The van der Waals surface area contributed by atoms with Gasteiger partial charge < -0.3 is 4.74 Å². The first-order chi connectivity index (χ1) is 7.98. The third-order valence-electron chi connectivity index (χ3n) is 2.66. The van der Waals surface area contributed by atoms with Crippen LogP contribution in [0.2, 0.25) is 0 Å². The maximum absolute atomic E-state index is 12.7. The van der Waals surface area contributed by atoms with Crippen molar-refractivity contribution in [3.05, 3.63) is 24.0 Å². The number of ether oxygens (including phenoxy) is 1. The summed E-state index contributed by atoms with van der Waals surface area (Å²) in [6.45, 7) is 0.252. The molecule has 1 aliphatic rings. The molecular weight excluding hydrogens is 251 g/mol. The maximum Gasteiger partial charge on any atom is 0.270 e. The fourth-order valence-corrected chi connectivity index (χ4v) is 2.76. The lowest BCUT2D eigenvalue weighted by atomic mass is 9.99. The average Bonchev–Trinajstić information content (AvgIpc) is 2.29. The van der Waals surface area contributed by atoms with E-state index in [0.29, 0.717) is 13.0 Å². The van der Waals surface area contributed by atoms with Crippen LogP contribution in [-0.2, 0) is 14.9 Å². The summed E-state index contributed by atoms with van der Waals surface area (Å²) >= 11 is 0. The van der Waals surface area contributed by atoms with Gasteiger partial charge in [0.1, 0.15) is 11.1 Å². The molecule has 2 unspecified atom stereocenters. The fraction of sp³-hybridized carbons (Fsp3) is 0.556. The normalized spacial score (nSPS) is 25.8. The van der Waals surface area contributed by atoms with Gasteiger partial charge in [-0.3, -0.25) is 4.55 Å². The molecule has 94 valence electrons. The summed E-state index contributed by atoms with van der Waals surface area (Å²) in [5, 5.41) is -1.10. The Labute approximate surface area is 97.6 Å². The van der Waals surface area contributed by atoms with Crippen LogP contribution in [0, 0.1) is 5.82 Å². The number of halogens is 1. The Hall–Kier alpha value is -1.12. The lowest BCUT2D eigenvalue weighted by Gasteiger charge is -2.27. The standard InChI is InChI=1S/C9H11FN2O4S/c10-6-3-11-9(12-4-6)7-1-2-16-5-8(7)17(13,14)15/h3-4,7-8H,1-2,5H2,(H,13,14,15). The summed E-state index contributed by atoms with van der Waals surface area (Å²) in [4.78, 5) is 7.50. The van der Waals surface area contributed by atoms with Gasteiger partial charge in [0.05, 0.1) is 19.0 Å². The molecule has 2 heterocycles. The topological polar surface area (TPSA) is 89.4 Å². The summed E-state index contributed by atoms with van der Waals surface area (Å²) in [6, 6.07) is 0. The van der Waals surface area contributed by atoms with Crippen LogP contribution in [0.3, 0.4) is 0 Å². The van der Waals surface area contributed by atoms with Gasteiger partial charge in [0.25, 0.3) is 10.1 Å². The maximum atomic E-state index is 12.7. The zero-order valence-electron chi connectivity index (χ0n) is 8.78. The van der Waals surface area contributed by atoms with Crippen molar-refractivity contribution in [2.45, 2.75) is 17.6 Å². The van der Waals surface area contributed by atoms with E-state index in [9.17, 15) is 12.8 Å². The Bertz CT molecular complexity index is 490. The zero-order chi connectivity index (χ0) is 12.5. The van der Waals surface area contributed by atoms with Gasteiger partial charge in [-0.25, -0.2) is 14.4 Å². The van der Waals surface area contributed by atoms with E-state index in [1.165, 1.54) is 0 Å². The van der Waals surface area contributed by atoms with E-state index < -0.39 is 27.1 Å². The SMILES string of the molecule is O=S(=O)(O)C1COCCC1c1ncc(F)cn1. The van der Waals surface area contributed by atoms with E-state index in [2.05, 4.69) is 9.97 Å². The first-order valence-corrected chi connectivity index (χ1v) is 6.50. The van der Waals surface area contributed by atoms with Crippen LogP contribution in [-0.4, -0.2) is 41.4 Å². The van der Waals surface area contributed by atoms with Crippen LogP contribution in [0.15, 0.2) is 12.4 Å². The van der Waals surface area contributed by atoms with Crippen LogP contribution >= 0.6 is 0 Å². The Morgan fingerprint density at radius 3 is 2.65 bits per heavy atom. The van der Waals surface area contributed by atoms with E-state index in [1.807, 2.05) is 0 Å². The molecule has 2 rings (SSSR count). The lowest BCUT2D eigenvalue weighted by molar-refractivity contribution is 0.0840. The summed E-state index contributed by atoms with van der Waals surface area (Å²) in [5.74, 6) is -0.958. The average molecular weight is 262 g/mol. The van der Waals surface area contributed by atoms with Crippen LogP contribution in [0.4, 0.5) is 4.39 Å². The van der Waals surface area contributed by atoms with Gasteiger partial charge in [0.15, 0.2) is 5.82 Å². The molecule has 2 atom stereocenters. The van der Waals surface area contributed by atoms with Gasteiger partial charge in [-0.1, -0.05) is 0 Å². The molecule has 0 amide bonds. The van der Waals surface area contributed by atoms with Gasteiger partial charge >= 0.3 is 0 Å². The second-order valence-corrected chi connectivity index (χ2v) is 5.42. The van der Waals surface area contributed by atoms with E-state index in [4.69, 9.17) is 9.29 Å². The highest BCUT2D eigenvalue weighted by Gasteiger charge is 2.37. The molecule has 0 spiro atoms. The predicted molar refractivity (Wildman–Crippen MR) is 55.5 cm³/mol. The molecule has 0 aliphatic carbocycles. The summed E-state index contributed by atoms with van der Waals surface area (Å²) in [5.41, 5.74) is 0. The highest BCUT2D eigenvalue weighted by Crippen LogP contribution is 2.28. The number of rotatable bonds is 2. The van der Waals surface area contributed by atoms with Crippen molar-refractivity contribution < 1.29 is 22.1 Å². The third-order valence-corrected chi connectivity index (χ3v) is 3.89. The van der Waals surface area contributed by atoms with E-state index in [-0.39, 0.29) is 12.4 Å². The van der Waals surface area contributed by atoms with Gasteiger partial charge in [-0.15, -0.1) is 0 Å². The zero-order valence-corrected chi connectivity index (χ0v) is 9.60. The number of nitrogens with zero attached hydrogens (tertiary/aromatic N) is 2. The highest BCUT2D eigenvalue weighted by molar-refractivity contribution is 7.86. The van der Waals surface area contributed by atoms with Gasteiger partial charge in [-0.05, 0) is 6.42 Å². The highest BCUT2D eigenvalue weighted by atomic mass is 32.2. The van der Waals surface area contributed by atoms with Crippen molar-refractivity contribution in [2.24, 2.45) is 0 Å². The minimum atomic E-state index is -4.23. The monoisotopic (exact) mass is 262 g/mol. The van der Waals surface area contributed by atoms with Crippen LogP contribution in [0.25, 0.3) is 0 Å². The van der Waals surface area contributed by atoms with Crippen LogP contribution < -0.4 is 0 Å². The molecule has 1 aromatic heterocycles. The Morgan fingerprint density at radius 2 is 2.06 bits per heavy atom. The summed E-state index contributed by atoms with van der Waals surface area (Å²) in [7, 11) is -4.23. The van der Waals surface area contributed by atoms with Crippen molar-refractivity contribution in [3.8, 4) is 0 Å². The summed E-state index contributed by atoms with van der Waals surface area (Å²) < 4.78 is 49.1. The first-order valence-electron chi connectivity index (χ1n) is 5.00. The van der Waals surface area contributed by atoms with E-state index in [1.54, 1.807) is 0 Å². The van der Waals surface area contributed by atoms with Crippen molar-refractivity contribution in [1.29, 1.82) is 0 Å². The molecular formula is C9H11FN2O4S. The molecule has 17 heavy (non-hydrogen) atoms.